The summed E-state index contributed by atoms with van der Waals surface area (Å²) in [4.78, 5) is 4.54. The van der Waals surface area contributed by atoms with Crippen molar-refractivity contribution in [3.63, 3.8) is 0 Å². The fourth-order valence-electron chi connectivity index (χ4n) is 2.47. The zero-order valence-corrected chi connectivity index (χ0v) is 15.3. The van der Waals surface area contributed by atoms with Gasteiger partial charge in [-0.2, -0.15) is 5.26 Å². The Balaban J connectivity index is 1.69. The third-order valence-corrected chi connectivity index (χ3v) is 5.29. The SMILES string of the molecule is N#C/C(=C\c1ccc(-c2ccc(Br)cc2)o1)c1nc2ccccc2s1. The summed E-state index contributed by atoms with van der Waals surface area (Å²) < 4.78 is 7.95. The van der Waals surface area contributed by atoms with E-state index in [1.807, 2.05) is 60.7 Å². The summed E-state index contributed by atoms with van der Waals surface area (Å²) in [5.74, 6) is 1.40. The number of thiazole rings is 1. The van der Waals surface area contributed by atoms with Gasteiger partial charge in [-0.25, -0.2) is 4.98 Å². The highest BCUT2D eigenvalue weighted by Gasteiger charge is 2.10. The smallest absolute Gasteiger partial charge is 0.135 e. The van der Waals surface area contributed by atoms with Crippen LogP contribution in [0.3, 0.4) is 0 Å². The normalized spacial score (nSPS) is 11.6. The molecule has 4 rings (SSSR count). The first-order valence-electron chi connectivity index (χ1n) is 7.56. The van der Waals surface area contributed by atoms with Crippen LogP contribution in [0.2, 0.25) is 0 Å². The highest BCUT2D eigenvalue weighted by atomic mass is 79.9. The Morgan fingerprint density at radius 2 is 1.88 bits per heavy atom. The average molecular weight is 407 g/mol. The molecule has 5 heteroatoms. The summed E-state index contributed by atoms with van der Waals surface area (Å²) in [5.41, 5.74) is 2.39. The van der Waals surface area contributed by atoms with Gasteiger partial charge >= 0.3 is 0 Å². The Hall–Kier alpha value is -2.68. The first kappa shape index (κ1) is 15.8. The molecule has 2 aromatic heterocycles. The van der Waals surface area contributed by atoms with Gasteiger partial charge in [-0.15, -0.1) is 11.3 Å². The van der Waals surface area contributed by atoms with Crippen molar-refractivity contribution in [2.75, 3.05) is 0 Å². The van der Waals surface area contributed by atoms with Crippen molar-refractivity contribution in [1.82, 2.24) is 4.98 Å². The summed E-state index contributed by atoms with van der Waals surface area (Å²) in [5, 5.41) is 10.2. The summed E-state index contributed by atoms with van der Waals surface area (Å²) >= 11 is 4.93. The largest absolute Gasteiger partial charge is 0.457 e. The zero-order chi connectivity index (χ0) is 17.2. The van der Waals surface area contributed by atoms with Crippen molar-refractivity contribution in [3.8, 4) is 17.4 Å². The Bertz CT molecular complexity index is 1080. The minimum atomic E-state index is 0.498. The lowest BCUT2D eigenvalue weighted by atomic mass is 10.2. The first-order valence-corrected chi connectivity index (χ1v) is 9.17. The number of nitrogens with zero attached hydrogens (tertiary/aromatic N) is 2. The van der Waals surface area contributed by atoms with Crippen molar-refractivity contribution in [2.24, 2.45) is 0 Å². The molecule has 0 aliphatic carbocycles. The third kappa shape index (κ3) is 3.27. The van der Waals surface area contributed by atoms with Gasteiger partial charge < -0.3 is 4.42 Å². The van der Waals surface area contributed by atoms with Crippen molar-refractivity contribution in [3.05, 3.63) is 75.9 Å². The van der Waals surface area contributed by atoms with Crippen LogP contribution < -0.4 is 0 Å². The Labute approximate surface area is 157 Å². The predicted molar refractivity (Wildman–Crippen MR) is 105 cm³/mol. The molecular formula is C20H11BrN2OS. The molecule has 0 bridgehead atoms. The molecule has 120 valence electrons. The zero-order valence-electron chi connectivity index (χ0n) is 12.9. The topological polar surface area (TPSA) is 49.8 Å². The predicted octanol–water partition coefficient (Wildman–Crippen LogP) is 6.38. The van der Waals surface area contributed by atoms with Crippen LogP contribution in [0.15, 0.2) is 69.6 Å². The number of halogens is 1. The quantitative estimate of drug-likeness (QED) is 0.370. The molecule has 3 nitrogen and oxygen atoms in total. The van der Waals surface area contributed by atoms with Crippen LogP contribution in [-0.2, 0) is 0 Å². The Morgan fingerprint density at radius 1 is 1.08 bits per heavy atom. The van der Waals surface area contributed by atoms with E-state index in [0.717, 1.165) is 26.0 Å². The van der Waals surface area contributed by atoms with Crippen LogP contribution in [0, 0.1) is 11.3 Å². The lowest BCUT2D eigenvalue weighted by Crippen LogP contribution is -1.79. The number of nitriles is 1. The lowest BCUT2D eigenvalue weighted by molar-refractivity contribution is 0.572. The summed E-state index contributed by atoms with van der Waals surface area (Å²) in [6.07, 6.45) is 1.74. The first-order chi connectivity index (χ1) is 12.2. The maximum Gasteiger partial charge on any atom is 0.135 e. The number of benzene rings is 2. The molecule has 0 N–H and O–H groups in total. The molecule has 2 aromatic carbocycles. The number of furan rings is 1. The molecule has 0 saturated heterocycles. The second-order valence-corrected chi connectivity index (χ2v) is 7.31. The molecule has 25 heavy (non-hydrogen) atoms. The molecule has 0 aliphatic rings. The van der Waals surface area contributed by atoms with Gasteiger partial charge in [0.05, 0.1) is 15.8 Å². The monoisotopic (exact) mass is 406 g/mol. The Morgan fingerprint density at radius 3 is 2.64 bits per heavy atom. The number of allylic oxidation sites excluding steroid dienone is 1. The van der Waals surface area contributed by atoms with E-state index in [1.165, 1.54) is 11.3 Å². The van der Waals surface area contributed by atoms with Crippen molar-refractivity contribution >= 4 is 49.1 Å². The molecule has 0 atom stereocenters. The lowest BCUT2D eigenvalue weighted by Gasteiger charge is -1.97. The fraction of sp³-hybridized carbons (Fsp3) is 0. The average Bonchev–Trinajstić information content (AvgIpc) is 3.27. The van der Waals surface area contributed by atoms with Crippen LogP contribution in [0.5, 0.6) is 0 Å². The van der Waals surface area contributed by atoms with Gasteiger partial charge in [0.15, 0.2) is 0 Å². The molecule has 0 radical (unpaired) electrons. The highest BCUT2D eigenvalue weighted by molar-refractivity contribution is 9.10. The minimum Gasteiger partial charge on any atom is -0.457 e. The number of para-hydroxylation sites is 1. The van der Waals surface area contributed by atoms with E-state index in [2.05, 4.69) is 27.0 Å². The van der Waals surface area contributed by atoms with Gasteiger partial charge in [-0.05, 0) is 36.4 Å². The van der Waals surface area contributed by atoms with Crippen LogP contribution in [0.4, 0.5) is 0 Å². The number of hydrogen-bond donors (Lipinski definition) is 0. The molecule has 0 spiro atoms. The molecule has 0 unspecified atom stereocenters. The van der Waals surface area contributed by atoms with E-state index < -0.39 is 0 Å². The third-order valence-electron chi connectivity index (χ3n) is 3.69. The van der Waals surface area contributed by atoms with E-state index in [1.54, 1.807) is 6.08 Å². The molecule has 0 fully saturated rings. The van der Waals surface area contributed by atoms with Crippen LogP contribution in [0.25, 0.3) is 33.2 Å². The fourth-order valence-corrected chi connectivity index (χ4v) is 3.67. The Kier molecular flexibility index (Phi) is 4.22. The van der Waals surface area contributed by atoms with Crippen LogP contribution in [-0.4, -0.2) is 4.98 Å². The standard InChI is InChI=1S/C20H11BrN2OS/c21-15-7-5-13(6-8-15)18-10-9-16(24-18)11-14(12-22)20-23-17-3-1-2-4-19(17)25-20/h1-11H/b14-11+. The maximum atomic E-state index is 9.52. The van der Waals surface area contributed by atoms with Gasteiger partial charge in [0.1, 0.15) is 22.6 Å². The van der Waals surface area contributed by atoms with E-state index in [4.69, 9.17) is 4.42 Å². The molecule has 0 amide bonds. The van der Waals surface area contributed by atoms with Gasteiger partial charge in [0.2, 0.25) is 0 Å². The maximum absolute atomic E-state index is 9.52. The number of aromatic nitrogens is 1. The number of hydrogen-bond acceptors (Lipinski definition) is 4. The van der Waals surface area contributed by atoms with Gasteiger partial charge in [-0.1, -0.05) is 40.2 Å². The number of rotatable bonds is 3. The van der Waals surface area contributed by atoms with E-state index in [-0.39, 0.29) is 0 Å². The second-order valence-electron chi connectivity index (χ2n) is 5.37. The van der Waals surface area contributed by atoms with Crippen LogP contribution in [0.1, 0.15) is 10.8 Å². The van der Waals surface area contributed by atoms with E-state index in [9.17, 15) is 5.26 Å². The molecule has 4 aromatic rings. The summed E-state index contributed by atoms with van der Waals surface area (Å²) in [6.45, 7) is 0. The highest BCUT2D eigenvalue weighted by Crippen LogP contribution is 2.30. The molecule has 0 saturated carbocycles. The molecule has 2 heterocycles. The van der Waals surface area contributed by atoms with Gasteiger partial charge in [-0.3, -0.25) is 0 Å². The second kappa shape index (κ2) is 6.67. The summed E-state index contributed by atoms with van der Waals surface area (Å²) in [7, 11) is 0. The van der Waals surface area contributed by atoms with Crippen molar-refractivity contribution in [2.45, 2.75) is 0 Å². The van der Waals surface area contributed by atoms with Crippen molar-refractivity contribution < 1.29 is 4.42 Å². The van der Waals surface area contributed by atoms with Gasteiger partial charge in [0, 0.05) is 16.1 Å². The van der Waals surface area contributed by atoms with Crippen LogP contribution >= 0.6 is 27.3 Å². The van der Waals surface area contributed by atoms with Crippen molar-refractivity contribution in [1.29, 1.82) is 5.26 Å². The molecular weight excluding hydrogens is 396 g/mol. The minimum absolute atomic E-state index is 0.498. The van der Waals surface area contributed by atoms with E-state index >= 15 is 0 Å². The van der Waals surface area contributed by atoms with Gasteiger partial charge in [0.25, 0.3) is 0 Å². The van der Waals surface area contributed by atoms with E-state index in [0.29, 0.717) is 16.3 Å². The summed E-state index contributed by atoms with van der Waals surface area (Å²) in [6, 6.07) is 21.8. The molecule has 0 aliphatic heterocycles. The number of fused-ring (bicyclic) bond motifs is 1.